The van der Waals surface area contributed by atoms with Gasteiger partial charge >= 0.3 is 0 Å². The van der Waals surface area contributed by atoms with Gasteiger partial charge in [0.05, 0.1) is 28.0 Å². The summed E-state index contributed by atoms with van der Waals surface area (Å²) in [5, 5.41) is 14.4. The molecule has 3 rings (SSSR count). The summed E-state index contributed by atoms with van der Waals surface area (Å²) in [4.78, 5) is 4.34. The van der Waals surface area contributed by atoms with E-state index in [1.165, 1.54) is 0 Å². The minimum Gasteiger partial charge on any atom is -0.392 e. The minimum atomic E-state index is -0.216. The summed E-state index contributed by atoms with van der Waals surface area (Å²) in [5.74, 6) is 0. The maximum atomic E-state index is 9.95. The van der Waals surface area contributed by atoms with Gasteiger partial charge in [-0.3, -0.25) is 0 Å². The van der Waals surface area contributed by atoms with Crippen molar-refractivity contribution in [1.82, 2.24) is 14.9 Å². The summed E-state index contributed by atoms with van der Waals surface area (Å²) in [6.45, 7) is 1.86. The van der Waals surface area contributed by atoms with E-state index in [2.05, 4.69) is 14.9 Å². The Kier molecular flexibility index (Phi) is 4.69. The van der Waals surface area contributed by atoms with Crippen molar-refractivity contribution in [2.45, 2.75) is 44.4 Å². The molecule has 2 aromatic rings. The topological polar surface area (TPSA) is 50.1 Å². The molecule has 2 atom stereocenters. The largest absolute Gasteiger partial charge is 0.392 e. The van der Waals surface area contributed by atoms with Crippen molar-refractivity contribution < 1.29 is 5.11 Å². The van der Waals surface area contributed by atoms with Crippen LogP contribution in [0.1, 0.15) is 25.7 Å². The Bertz CT molecular complexity index is 629. The highest BCUT2D eigenvalue weighted by Crippen LogP contribution is 2.29. The Morgan fingerprint density at radius 1 is 1.38 bits per heavy atom. The van der Waals surface area contributed by atoms with E-state index in [0.29, 0.717) is 10.0 Å². The standard InChI is InChI=1S/C15H19Cl2N3O/c16-10-5-6-12-15(14(10)17)19-9-20(12)8-2-3-11-13(21)4-1-7-18-11/h5-6,9,11,13,18,21H,1-4,7-8H2/t11-,13-/m0/s1. The first-order valence-corrected chi connectivity index (χ1v) is 8.12. The van der Waals surface area contributed by atoms with Crippen molar-refractivity contribution in [2.75, 3.05) is 6.54 Å². The summed E-state index contributed by atoms with van der Waals surface area (Å²) >= 11 is 12.2. The van der Waals surface area contributed by atoms with Crippen LogP contribution in [-0.4, -0.2) is 33.3 Å². The minimum absolute atomic E-state index is 0.214. The SMILES string of the molecule is O[C@H]1CCCN[C@H]1CCCn1cnc2c(Cl)c(Cl)ccc21. The van der Waals surface area contributed by atoms with E-state index in [1.807, 2.05) is 6.07 Å². The number of imidazole rings is 1. The lowest BCUT2D eigenvalue weighted by molar-refractivity contribution is 0.0909. The van der Waals surface area contributed by atoms with Crippen molar-refractivity contribution in [2.24, 2.45) is 0 Å². The third-order valence-electron chi connectivity index (χ3n) is 4.15. The summed E-state index contributed by atoms with van der Waals surface area (Å²) < 4.78 is 2.09. The number of halogens is 2. The lowest BCUT2D eigenvalue weighted by atomic mass is 9.97. The summed E-state index contributed by atoms with van der Waals surface area (Å²) in [6, 6.07) is 3.97. The molecule has 1 saturated heterocycles. The van der Waals surface area contributed by atoms with Gasteiger partial charge in [-0.1, -0.05) is 23.2 Å². The second-order valence-corrected chi connectivity index (χ2v) is 6.36. The van der Waals surface area contributed by atoms with Gasteiger partial charge in [-0.15, -0.1) is 0 Å². The number of nitrogens with zero attached hydrogens (tertiary/aromatic N) is 2. The number of aliphatic hydroxyl groups excluding tert-OH is 1. The fraction of sp³-hybridized carbons (Fsp3) is 0.533. The van der Waals surface area contributed by atoms with Crippen LogP contribution in [0, 0.1) is 0 Å². The third kappa shape index (κ3) is 3.19. The number of hydrogen-bond donors (Lipinski definition) is 2. The zero-order valence-electron chi connectivity index (χ0n) is 11.7. The molecule has 0 bridgehead atoms. The number of aliphatic hydroxyl groups is 1. The smallest absolute Gasteiger partial charge is 0.109 e. The summed E-state index contributed by atoms with van der Waals surface area (Å²) in [6.07, 6.45) is 5.50. The van der Waals surface area contributed by atoms with Crippen LogP contribution in [0.25, 0.3) is 11.0 Å². The highest BCUT2D eigenvalue weighted by Gasteiger charge is 2.21. The van der Waals surface area contributed by atoms with E-state index in [1.54, 1.807) is 12.4 Å². The first kappa shape index (κ1) is 15.1. The average Bonchev–Trinajstić information content (AvgIpc) is 2.89. The zero-order valence-corrected chi connectivity index (χ0v) is 13.2. The third-order valence-corrected chi connectivity index (χ3v) is 4.94. The van der Waals surface area contributed by atoms with Gasteiger partial charge in [-0.2, -0.15) is 0 Å². The highest BCUT2D eigenvalue weighted by atomic mass is 35.5. The van der Waals surface area contributed by atoms with E-state index < -0.39 is 0 Å². The molecule has 0 amide bonds. The van der Waals surface area contributed by atoms with Gasteiger partial charge in [0.15, 0.2) is 0 Å². The predicted octanol–water partition coefficient (Wildman–Crippen LogP) is 3.24. The van der Waals surface area contributed by atoms with E-state index in [-0.39, 0.29) is 12.1 Å². The lowest BCUT2D eigenvalue weighted by Crippen LogP contribution is -2.44. The number of rotatable bonds is 4. The second-order valence-electron chi connectivity index (χ2n) is 5.58. The number of hydrogen-bond acceptors (Lipinski definition) is 3. The number of piperidine rings is 1. The fourth-order valence-corrected chi connectivity index (χ4v) is 3.33. The Labute approximate surface area is 134 Å². The molecule has 21 heavy (non-hydrogen) atoms. The van der Waals surface area contributed by atoms with Crippen molar-refractivity contribution in [1.29, 1.82) is 0 Å². The predicted molar refractivity (Wildman–Crippen MR) is 86.0 cm³/mol. The van der Waals surface area contributed by atoms with Crippen LogP contribution in [0.15, 0.2) is 18.5 Å². The maximum Gasteiger partial charge on any atom is 0.109 e. The van der Waals surface area contributed by atoms with Crippen molar-refractivity contribution in [3.63, 3.8) is 0 Å². The number of nitrogens with one attached hydrogen (secondary N) is 1. The molecular weight excluding hydrogens is 309 g/mol. The molecule has 0 spiro atoms. The molecule has 114 valence electrons. The lowest BCUT2D eigenvalue weighted by Gasteiger charge is -2.29. The first-order valence-electron chi connectivity index (χ1n) is 7.37. The number of aryl methyl sites for hydroxylation is 1. The number of benzene rings is 1. The van der Waals surface area contributed by atoms with E-state index in [9.17, 15) is 5.11 Å². The van der Waals surface area contributed by atoms with Gasteiger partial charge in [0, 0.05) is 12.6 Å². The molecule has 1 aromatic carbocycles. The molecule has 0 unspecified atom stereocenters. The molecule has 0 aliphatic carbocycles. The Morgan fingerprint density at radius 2 is 2.24 bits per heavy atom. The van der Waals surface area contributed by atoms with Crippen LogP contribution >= 0.6 is 23.2 Å². The van der Waals surface area contributed by atoms with Crippen molar-refractivity contribution >= 4 is 34.2 Å². The summed E-state index contributed by atoms with van der Waals surface area (Å²) in [7, 11) is 0. The monoisotopic (exact) mass is 327 g/mol. The highest BCUT2D eigenvalue weighted by molar-refractivity contribution is 6.44. The molecule has 0 radical (unpaired) electrons. The molecule has 6 heteroatoms. The molecule has 1 aliphatic heterocycles. The Morgan fingerprint density at radius 3 is 3.05 bits per heavy atom. The van der Waals surface area contributed by atoms with Crippen molar-refractivity contribution in [3.8, 4) is 0 Å². The quantitative estimate of drug-likeness (QED) is 0.906. The van der Waals surface area contributed by atoms with E-state index in [4.69, 9.17) is 23.2 Å². The van der Waals surface area contributed by atoms with Crippen LogP contribution in [-0.2, 0) is 6.54 Å². The van der Waals surface area contributed by atoms with Crippen LogP contribution < -0.4 is 5.32 Å². The molecule has 1 aliphatic rings. The first-order chi connectivity index (χ1) is 10.2. The van der Waals surface area contributed by atoms with Gasteiger partial charge in [-0.25, -0.2) is 4.98 Å². The number of aromatic nitrogens is 2. The molecule has 0 saturated carbocycles. The molecular formula is C15H19Cl2N3O. The molecule has 1 fully saturated rings. The van der Waals surface area contributed by atoms with E-state index in [0.717, 1.165) is 49.8 Å². The van der Waals surface area contributed by atoms with Crippen LogP contribution in [0.2, 0.25) is 10.0 Å². The zero-order chi connectivity index (χ0) is 14.8. The second kappa shape index (κ2) is 6.53. The normalized spacial score (nSPS) is 22.8. The fourth-order valence-electron chi connectivity index (χ4n) is 2.96. The van der Waals surface area contributed by atoms with Crippen LogP contribution in [0.3, 0.4) is 0 Å². The summed E-state index contributed by atoms with van der Waals surface area (Å²) in [5.41, 5.74) is 1.75. The Hall–Kier alpha value is -0.810. The Balaban J connectivity index is 1.64. The molecule has 2 heterocycles. The van der Waals surface area contributed by atoms with Crippen LogP contribution in [0.5, 0.6) is 0 Å². The van der Waals surface area contributed by atoms with Gasteiger partial charge in [0.1, 0.15) is 5.52 Å². The maximum absolute atomic E-state index is 9.95. The molecule has 1 aromatic heterocycles. The van der Waals surface area contributed by atoms with Gasteiger partial charge in [0.25, 0.3) is 0 Å². The van der Waals surface area contributed by atoms with E-state index >= 15 is 0 Å². The van der Waals surface area contributed by atoms with Gasteiger partial charge in [0.2, 0.25) is 0 Å². The average molecular weight is 328 g/mol. The molecule has 2 N–H and O–H groups in total. The van der Waals surface area contributed by atoms with Gasteiger partial charge < -0.3 is 15.0 Å². The van der Waals surface area contributed by atoms with Crippen LogP contribution in [0.4, 0.5) is 0 Å². The molecule has 4 nitrogen and oxygen atoms in total. The number of fused-ring (bicyclic) bond motifs is 1. The van der Waals surface area contributed by atoms with Gasteiger partial charge in [-0.05, 0) is 44.4 Å². The van der Waals surface area contributed by atoms with Crippen molar-refractivity contribution in [3.05, 3.63) is 28.5 Å².